The summed E-state index contributed by atoms with van der Waals surface area (Å²) < 4.78 is 10.8. The van der Waals surface area contributed by atoms with E-state index in [9.17, 15) is 0 Å². The number of rotatable bonds is 2. The zero-order valence-corrected chi connectivity index (χ0v) is 11.0. The van der Waals surface area contributed by atoms with Crippen molar-refractivity contribution >= 4 is 16.7 Å². The van der Waals surface area contributed by atoms with E-state index in [2.05, 4.69) is 10.1 Å². The molecule has 5 heteroatoms. The normalized spacial score (nSPS) is 11.0. The molecule has 0 aliphatic heterocycles. The number of anilines is 1. The van der Waals surface area contributed by atoms with Gasteiger partial charge in [0, 0.05) is 16.6 Å². The van der Waals surface area contributed by atoms with Crippen LogP contribution in [0.2, 0.25) is 0 Å². The maximum Gasteiger partial charge on any atom is 0.262 e. The topological polar surface area (TPSA) is 78.1 Å². The van der Waals surface area contributed by atoms with Crippen LogP contribution in [0.4, 0.5) is 5.69 Å². The van der Waals surface area contributed by atoms with Crippen LogP contribution in [0.1, 0.15) is 0 Å². The predicted molar refractivity (Wildman–Crippen MR) is 79.4 cm³/mol. The largest absolute Gasteiger partial charge is 0.463 e. The number of nitrogens with two attached hydrogens (primary N) is 1. The average Bonchev–Trinajstić information content (AvgIpc) is 3.14. The summed E-state index contributed by atoms with van der Waals surface area (Å²) in [6, 6.07) is 15.1. The lowest BCUT2D eigenvalue weighted by Gasteiger charge is -1.97. The average molecular weight is 277 g/mol. The minimum absolute atomic E-state index is 0.415. The van der Waals surface area contributed by atoms with Crippen molar-refractivity contribution < 1.29 is 8.94 Å². The Hall–Kier alpha value is -3.08. The summed E-state index contributed by atoms with van der Waals surface area (Å²) in [5, 5.41) is 4.94. The molecule has 0 amide bonds. The molecular weight excluding hydrogens is 266 g/mol. The van der Waals surface area contributed by atoms with Gasteiger partial charge in [0.05, 0.1) is 5.56 Å². The van der Waals surface area contributed by atoms with Gasteiger partial charge in [-0.15, -0.1) is 0 Å². The van der Waals surface area contributed by atoms with Crippen LogP contribution >= 0.6 is 0 Å². The van der Waals surface area contributed by atoms with Crippen LogP contribution < -0.4 is 5.73 Å². The molecule has 0 aliphatic rings. The summed E-state index contributed by atoms with van der Waals surface area (Å²) in [6.07, 6.45) is 1.62. The Morgan fingerprint density at radius 3 is 2.62 bits per heavy atom. The number of para-hydroxylation sites is 2. The fraction of sp³-hybridized carbons (Fsp3) is 0. The molecule has 0 saturated heterocycles. The summed E-state index contributed by atoms with van der Waals surface area (Å²) in [6.45, 7) is 0. The molecule has 0 atom stereocenters. The van der Waals surface area contributed by atoms with Crippen molar-refractivity contribution in [3.63, 3.8) is 0 Å². The van der Waals surface area contributed by atoms with Gasteiger partial charge in [0.25, 0.3) is 5.89 Å². The molecular formula is C16H11N3O2. The lowest BCUT2D eigenvalue weighted by molar-refractivity contribution is 0.432. The highest BCUT2D eigenvalue weighted by Crippen LogP contribution is 2.31. The number of fused-ring (bicyclic) bond motifs is 1. The fourth-order valence-corrected chi connectivity index (χ4v) is 2.29. The van der Waals surface area contributed by atoms with Crippen molar-refractivity contribution in [2.75, 3.05) is 5.73 Å². The van der Waals surface area contributed by atoms with Crippen LogP contribution in [0.25, 0.3) is 33.8 Å². The van der Waals surface area contributed by atoms with E-state index >= 15 is 0 Å². The van der Waals surface area contributed by atoms with E-state index in [0.29, 0.717) is 17.4 Å². The smallest absolute Gasteiger partial charge is 0.262 e. The molecule has 0 spiro atoms. The predicted octanol–water partition coefficient (Wildman–Crippen LogP) is 3.73. The van der Waals surface area contributed by atoms with Crippen LogP contribution in [-0.4, -0.2) is 10.1 Å². The number of furan rings is 1. The van der Waals surface area contributed by atoms with Crippen LogP contribution in [0.5, 0.6) is 0 Å². The minimum atomic E-state index is 0.415. The molecule has 4 aromatic rings. The maximum atomic E-state index is 5.93. The second-order valence-corrected chi connectivity index (χ2v) is 4.66. The van der Waals surface area contributed by atoms with Gasteiger partial charge in [0.1, 0.15) is 11.8 Å². The summed E-state index contributed by atoms with van der Waals surface area (Å²) in [5.74, 6) is 0.881. The van der Waals surface area contributed by atoms with E-state index in [1.807, 2.05) is 42.5 Å². The minimum Gasteiger partial charge on any atom is -0.463 e. The van der Waals surface area contributed by atoms with Crippen molar-refractivity contribution in [1.82, 2.24) is 10.1 Å². The number of nitrogens with zero attached hydrogens (tertiary/aromatic N) is 2. The van der Waals surface area contributed by atoms with Crippen LogP contribution in [0.3, 0.4) is 0 Å². The fourth-order valence-electron chi connectivity index (χ4n) is 2.29. The third-order valence-corrected chi connectivity index (χ3v) is 3.34. The Balaban J connectivity index is 1.83. The van der Waals surface area contributed by atoms with Gasteiger partial charge in [-0.3, -0.25) is 0 Å². The number of aromatic nitrogens is 2. The number of nitrogen functional groups attached to an aromatic ring is 1. The van der Waals surface area contributed by atoms with E-state index in [-0.39, 0.29) is 0 Å². The number of hydrogen-bond donors (Lipinski definition) is 1. The molecule has 0 bridgehead atoms. The SMILES string of the molecule is Nc1ccccc1-c1noc(-c2coc3ccccc23)n1. The lowest BCUT2D eigenvalue weighted by atomic mass is 10.1. The third-order valence-electron chi connectivity index (χ3n) is 3.34. The van der Waals surface area contributed by atoms with E-state index in [4.69, 9.17) is 14.7 Å². The highest BCUT2D eigenvalue weighted by Gasteiger charge is 2.16. The highest BCUT2D eigenvalue weighted by molar-refractivity contribution is 5.91. The zero-order valence-electron chi connectivity index (χ0n) is 11.0. The van der Waals surface area contributed by atoms with Gasteiger partial charge in [-0.1, -0.05) is 35.5 Å². The third kappa shape index (κ3) is 1.87. The van der Waals surface area contributed by atoms with Gasteiger partial charge >= 0.3 is 0 Å². The summed E-state index contributed by atoms with van der Waals surface area (Å²) in [5.41, 5.74) is 8.85. The summed E-state index contributed by atoms with van der Waals surface area (Å²) in [7, 11) is 0. The second-order valence-electron chi connectivity index (χ2n) is 4.66. The van der Waals surface area contributed by atoms with E-state index < -0.39 is 0 Å². The molecule has 4 rings (SSSR count). The van der Waals surface area contributed by atoms with Crippen molar-refractivity contribution in [3.05, 3.63) is 54.8 Å². The van der Waals surface area contributed by atoms with Crippen molar-refractivity contribution in [1.29, 1.82) is 0 Å². The number of benzene rings is 2. The molecule has 0 unspecified atom stereocenters. The first-order chi connectivity index (χ1) is 10.3. The molecule has 0 radical (unpaired) electrons. The Labute approximate surface area is 120 Å². The van der Waals surface area contributed by atoms with Gasteiger partial charge < -0.3 is 14.7 Å². The van der Waals surface area contributed by atoms with Crippen molar-refractivity contribution in [2.45, 2.75) is 0 Å². The number of hydrogen-bond acceptors (Lipinski definition) is 5. The monoisotopic (exact) mass is 277 g/mol. The molecule has 0 aliphatic carbocycles. The Morgan fingerprint density at radius 1 is 0.905 bits per heavy atom. The first kappa shape index (κ1) is 11.7. The van der Waals surface area contributed by atoms with E-state index in [1.54, 1.807) is 12.3 Å². The highest BCUT2D eigenvalue weighted by atomic mass is 16.5. The quantitative estimate of drug-likeness (QED) is 0.565. The van der Waals surface area contributed by atoms with Crippen LogP contribution in [-0.2, 0) is 0 Å². The molecule has 0 fully saturated rings. The Kier molecular flexibility index (Phi) is 2.50. The summed E-state index contributed by atoms with van der Waals surface area (Å²) >= 11 is 0. The first-order valence-corrected chi connectivity index (χ1v) is 6.48. The van der Waals surface area contributed by atoms with Gasteiger partial charge in [-0.2, -0.15) is 4.98 Å². The van der Waals surface area contributed by atoms with Gasteiger partial charge in [0.15, 0.2) is 0 Å². The van der Waals surface area contributed by atoms with Crippen LogP contribution in [0, 0.1) is 0 Å². The molecule has 2 aromatic heterocycles. The van der Waals surface area contributed by atoms with Gasteiger partial charge in [-0.05, 0) is 18.2 Å². The molecule has 102 valence electrons. The van der Waals surface area contributed by atoms with E-state index in [0.717, 1.165) is 22.1 Å². The maximum absolute atomic E-state index is 5.93. The lowest BCUT2D eigenvalue weighted by Crippen LogP contribution is -1.90. The Bertz CT molecular complexity index is 924. The van der Waals surface area contributed by atoms with E-state index in [1.165, 1.54) is 0 Å². The molecule has 2 N–H and O–H groups in total. The molecule has 2 aromatic carbocycles. The van der Waals surface area contributed by atoms with Crippen molar-refractivity contribution in [2.24, 2.45) is 0 Å². The molecule has 21 heavy (non-hydrogen) atoms. The standard InChI is InChI=1S/C16H11N3O2/c17-13-7-3-1-6-11(13)15-18-16(21-19-15)12-9-20-14-8-4-2-5-10(12)14/h1-9H,17H2. The van der Waals surface area contributed by atoms with Gasteiger partial charge in [0.2, 0.25) is 5.82 Å². The van der Waals surface area contributed by atoms with Crippen LogP contribution in [0.15, 0.2) is 63.7 Å². The van der Waals surface area contributed by atoms with Crippen molar-refractivity contribution in [3.8, 4) is 22.8 Å². The molecule has 2 heterocycles. The summed E-state index contributed by atoms with van der Waals surface area (Å²) in [4.78, 5) is 4.42. The first-order valence-electron chi connectivity index (χ1n) is 6.48. The van der Waals surface area contributed by atoms with Gasteiger partial charge in [-0.25, -0.2) is 0 Å². The Morgan fingerprint density at radius 2 is 1.71 bits per heavy atom. The second kappa shape index (κ2) is 4.49. The molecule has 5 nitrogen and oxygen atoms in total. The zero-order chi connectivity index (χ0) is 14.2. The molecule has 0 saturated carbocycles.